The van der Waals surface area contributed by atoms with Crippen LogP contribution in [-0.2, 0) is 16.1 Å². The highest BCUT2D eigenvalue weighted by atomic mass is 16.6. The minimum atomic E-state index is -1.20. The number of alkyl carbamates (subject to hydrolysis) is 1. The maximum atomic E-state index is 13.3. The summed E-state index contributed by atoms with van der Waals surface area (Å²) in [6.45, 7) is 16.2. The van der Waals surface area contributed by atoms with Crippen LogP contribution in [0.15, 0.2) is 41.3 Å². The number of piperazine rings is 1. The molecule has 1 aromatic heterocycles. The summed E-state index contributed by atoms with van der Waals surface area (Å²) < 4.78 is 6.74. The van der Waals surface area contributed by atoms with E-state index in [1.165, 1.54) is 10.1 Å². The third-order valence-electron chi connectivity index (χ3n) is 8.56. The first-order chi connectivity index (χ1) is 21.5. The Morgan fingerprint density at radius 1 is 1.02 bits per heavy atom. The van der Waals surface area contributed by atoms with Gasteiger partial charge in [0.2, 0.25) is 5.91 Å². The number of nitrogens with two attached hydrogens (primary N) is 1. The van der Waals surface area contributed by atoms with Gasteiger partial charge in [-0.1, -0.05) is 12.1 Å². The molecule has 4 rings (SSSR count). The van der Waals surface area contributed by atoms with E-state index in [1.54, 1.807) is 56.7 Å². The molecule has 0 bridgehead atoms. The average Bonchev–Trinajstić information content (AvgIpc) is 2.96. The highest BCUT2D eigenvalue weighted by molar-refractivity contribution is 5.91. The Bertz CT molecular complexity index is 1440. The van der Waals surface area contributed by atoms with Gasteiger partial charge < -0.3 is 25.6 Å². The van der Waals surface area contributed by atoms with Crippen LogP contribution in [0.2, 0.25) is 0 Å². The maximum absolute atomic E-state index is 13.3. The monoisotopic (exact) mass is 638 g/mol. The lowest BCUT2D eigenvalue weighted by Crippen LogP contribution is -2.63. The van der Waals surface area contributed by atoms with Crippen molar-refractivity contribution in [2.45, 2.75) is 91.1 Å². The lowest BCUT2D eigenvalue weighted by Gasteiger charge is -2.42. The molecule has 4 N–H and O–H groups in total. The van der Waals surface area contributed by atoms with Crippen molar-refractivity contribution in [3.05, 3.63) is 52.6 Å². The SMILES string of the molecule is C[C@H](N)C1CCN(Cc2ccc(-n3ccc(NC(=O)N4CCN(C(=O)C(C)(C)NC(=O)OC(C)(C)C)[C@H](C)C4)nc3=O)cc2)CC1. The highest BCUT2D eigenvalue weighted by Gasteiger charge is 2.39. The number of aromatic nitrogens is 2. The number of amides is 4. The summed E-state index contributed by atoms with van der Waals surface area (Å²) in [5.41, 5.74) is 5.54. The van der Waals surface area contributed by atoms with E-state index in [2.05, 4.69) is 27.4 Å². The van der Waals surface area contributed by atoms with Gasteiger partial charge in [0.15, 0.2) is 0 Å². The Balaban J connectivity index is 1.29. The maximum Gasteiger partial charge on any atom is 0.408 e. The first-order valence-electron chi connectivity index (χ1n) is 16.1. The van der Waals surface area contributed by atoms with E-state index in [4.69, 9.17) is 10.5 Å². The lowest BCUT2D eigenvalue weighted by molar-refractivity contribution is -0.141. The van der Waals surface area contributed by atoms with Gasteiger partial charge in [-0.2, -0.15) is 4.98 Å². The molecule has 13 heteroatoms. The number of hydrogen-bond donors (Lipinski definition) is 3. The normalized spacial score (nSPS) is 19.0. The number of nitrogens with one attached hydrogen (secondary N) is 2. The van der Waals surface area contributed by atoms with Crippen molar-refractivity contribution in [1.29, 1.82) is 0 Å². The fourth-order valence-corrected chi connectivity index (χ4v) is 5.93. The molecule has 1 aromatic carbocycles. The van der Waals surface area contributed by atoms with Gasteiger partial charge in [-0.3, -0.25) is 19.6 Å². The quantitative estimate of drug-likeness (QED) is 0.418. The van der Waals surface area contributed by atoms with Gasteiger partial charge in [-0.05, 0) is 104 Å². The summed E-state index contributed by atoms with van der Waals surface area (Å²) in [4.78, 5) is 61.3. The van der Waals surface area contributed by atoms with Crippen LogP contribution in [0, 0.1) is 5.92 Å². The summed E-state index contributed by atoms with van der Waals surface area (Å²) in [6.07, 6.45) is 3.15. The smallest absolute Gasteiger partial charge is 0.408 e. The van der Waals surface area contributed by atoms with E-state index in [0.29, 0.717) is 11.6 Å². The molecule has 0 saturated carbocycles. The van der Waals surface area contributed by atoms with E-state index in [1.807, 2.05) is 31.2 Å². The second-order valence-electron chi connectivity index (χ2n) is 14.1. The van der Waals surface area contributed by atoms with Crippen molar-refractivity contribution in [2.24, 2.45) is 11.7 Å². The number of ether oxygens (including phenoxy) is 1. The zero-order valence-electron chi connectivity index (χ0n) is 28.2. The Kier molecular flexibility index (Phi) is 10.8. The van der Waals surface area contributed by atoms with Crippen molar-refractivity contribution in [3.63, 3.8) is 0 Å². The summed E-state index contributed by atoms with van der Waals surface area (Å²) in [5, 5.41) is 5.36. The van der Waals surface area contributed by atoms with E-state index >= 15 is 0 Å². The van der Waals surface area contributed by atoms with Crippen molar-refractivity contribution < 1.29 is 19.1 Å². The van der Waals surface area contributed by atoms with Gasteiger partial charge in [0.25, 0.3) is 0 Å². The van der Waals surface area contributed by atoms with Crippen molar-refractivity contribution in [3.8, 4) is 5.69 Å². The van der Waals surface area contributed by atoms with Gasteiger partial charge >= 0.3 is 17.8 Å². The summed E-state index contributed by atoms with van der Waals surface area (Å²) in [6, 6.07) is 8.95. The van der Waals surface area contributed by atoms with Crippen molar-refractivity contribution >= 4 is 23.8 Å². The molecule has 13 nitrogen and oxygen atoms in total. The van der Waals surface area contributed by atoms with Crippen LogP contribution in [0.4, 0.5) is 15.4 Å². The number of nitrogens with zero attached hydrogens (tertiary/aromatic N) is 5. The van der Waals surface area contributed by atoms with Crippen LogP contribution in [0.5, 0.6) is 0 Å². The highest BCUT2D eigenvalue weighted by Crippen LogP contribution is 2.22. The molecule has 2 aliphatic heterocycles. The van der Waals surface area contributed by atoms with Gasteiger partial charge in [0.05, 0.1) is 5.69 Å². The fraction of sp³-hybridized carbons (Fsp3) is 0.606. The van der Waals surface area contributed by atoms with E-state index in [0.717, 1.165) is 32.5 Å². The van der Waals surface area contributed by atoms with E-state index in [9.17, 15) is 19.2 Å². The largest absolute Gasteiger partial charge is 0.444 e. The fourth-order valence-electron chi connectivity index (χ4n) is 5.93. The van der Waals surface area contributed by atoms with E-state index < -0.39 is 29.0 Å². The second kappa shape index (κ2) is 14.2. The first-order valence-corrected chi connectivity index (χ1v) is 16.1. The molecule has 2 atom stereocenters. The molecule has 2 fully saturated rings. The number of hydrogen-bond acceptors (Lipinski definition) is 8. The molecule has 2 saturated heterocycles. The second-order valence-corrected chi connectivity index (χ2v) is 14.1. The van der Waals surface area contributed by atoms with Crippen molar-refractivity contribution in [1.82, 2.24) is 29.6 Å². The molecule has 0 aliphatic carbocycles. The Hall–Kier alpha value is -3.97. The molecule has 4 amide bonds. The minimum Gasteiger partial charge on any atom is -0.444 e. The average molecular weight is 639 g/mol. The Labute approximate surface area is 271 Å². The minimum absolute atomic E-state index is 0.145. The van der Waals surface area contributed by atoms with Crippen LogP contribution in [0.25, 0.3) is 5.69 Å². The molecule has 3 heterocycles. The molecule has 46 heavy (non-hydrogen) atoms. The molecular weight excluding hydrogens is 588 g/mol. The number of carbonyl (C=O) groups is 3. The number of likely N-dealkylation sites (tertiary alicyclic amines) is 1. The Morgan fingerprint density at radius 3 is 2.24 bits per heavy atom. The van der Waals surface area contributed by atoms with Crippen LogP contribution in [0.3, 0.4) is 0 Å². The number of piperidine rings is 1. The molecule has 2 aromatic rings. The number of carbonyl (C=O) groups excluding carboxylic acids is 3. The summed E-state index contributed by atoms with van der Waals surface area (Å²) in [5.74, 6) is 0.460. The zero-order chi connectivity index (χ0) is 33.8. The van der Waals surface area contributed by atoms with Crippen LogP contribution < -0.4 is 22.1 Å². The molecule has 0 unspecified atom stereocenters. The van der Waals surface area contributed by atoms with Crippen LogP contribution >= 0.6 is 0 Å². The third-order valence-corrected chi connectivity index (χ3v) is 8.56. The van der Waals surface area contributed by atoms with Crippen molar-refractivity contribution in [2.75, 3.05) is 38.0 Å². The van der Waals surface area contributed by atoms with Gasteiger partial charge in [0.1, 0.15) is 17.0 Å². The molecule has 0 radical (unpaired) electrons. The topological polar surface area (TPSA) is 155 Å². The van der Waals surface area contributed by atoms with Crippen LogP contribution in [-0.4, -0.2) is 98.2 Å². The predicted molar refractivity (Wildman–Crippen MR) is 177 cm³/mol. The van der Waals surface area contributed by atoms with Gasteiger partial charge in [-0.15, -0.1) is 0 Å². The third kappa shape index (κ3) is 9.06. The Morgan fingerprint density at radius 2 is 1.67 bits per heavy atom. The van der Waals surface area contributed by atoms with E-state index in [-0.39, 0.29) is 43.4 Å². The standard InChI is InChI=1S/C33H50N8O5/c1-22-20-39(18-19-40(22)28(42)33(6,7)37-31(45)46-32(3,4)5)29(43)35-27-14-17-41(30(44)36-27)26-10-8-24(9-11-26)21-38-15-12-25(13-16-38)23(2)34/h8-11,14,17,22-23,25H,12-13,15-16,18-21,34H2,1-7H3,(H,37,45)(H,35,36,43,44)/t22-,23+/m1/s1. The lowest BCUT2D eigenvalue weighted by atomic mass is 9.91. The zero-order valence-corrected chi connectivity index (χ0v) is 28.2. The summed E-state index contributed by atoms with van der Waals surface area (Å²) >= 11 is 0. The number of urea groups is 1. The molecule has 252 valence electrons. The van der Waals surface area contributed by atoms with Gasteiger partial charge in [-0.25, -0.2) is 14.4 Å². The summed E-state index contributed by atoms with van der Waals surface area (Å²) in [7, 11) is 0. The number of rotatable bonds is 7. The molecular formula is C33H50N8O5. The van der Waals surface area contributed by atoms with Gasteiger partial charge in [0, 0.05) is 44.5 Å². The van der Waals surface area contributed by atoms with Crippen LogP contribution in [0.1, 0.15) is 66.9 Å². The predicted octanol–water partition coefficient (Wildman–Crippen LogP) is 3.16. The number of anilines is 1. The number of benzene rings is 1. The molecule has 2 aliphatic rings. The molecule has 0 spiro atoms. The first kappa shape index (κ1) is 34.9.